The van der Waals surface area contributed by atoms with E-state index in [4.69, 9.17) is 0 Å². The van der Waals surface area contributed by atoms with Gasteiger partial charge in [0.15, 0.2) is 0 Å². The van der Waals surface area contributed by atoms with Crippen LogP contribution in [-0.2, 0) is 4.79 Å². The number of rotatable bonds is 7. The highest BCUT2D eigenvalue weighted by Gasteiger charge is 2.16. The van der Waals surface area contributed by atoms with E-state index in [0.717, 1.165) is 22.6 Å². The molecule has 4 aromatic rings. The van der Waals surface area contributed by atoms with Crippen molar-refractivity contribution in [3.63, 3.8) is 0 Å². The second kappa shape index (κ2) is 9.23. The summed E-state index contributed by atoms with van der Waals surface area (Å²) in [7, 11) is 0. The number of benzene rings is 3. The van der Waals surface area contributed by atoms with E-state index in [1.165, 1.54) is 11.8 Å². The molecule has 30 heavy (non-hydrogen) atoms. The Morgan fingerprint density at radius 2 is 1.53 bits per heavy atom. The van der Waals surface area contributed by atoms with E-state index in [0.29, 0.717) is 5.16 Å². The van der Waals surface area contributed by atoms with Gasteiger partial charge in [0, 0.05) is 0 Å². The van der Waals surface area contributed by atoms with Gasteiger partial charge in [0.1, 0.15) is 0 Å². The van der Waals surface area contributed by atoms with Crippen LogP contribution >= 0.6 is 11.8 Å². The molecule has 3 aromatic carbocycles. The summed E-state index contributed by atoms with van der Waals surface area (Å²) in [6, 6.07) is 27.2. The average molecular weight is 417 g/mol. The number of amides is 1. The van der Waals surface area contributed by atoms with E-state index in [9.17, 15) is 4.79 Å². The minimum absolute atomic E-state index is 0.160. The Hall–Kier alpha value is -3.65. The average Bonchev–Trinajstić information content (AvgIpc) is 3.26. The molecule has 0 aliphatic rings. The maximum Gasteiger partial charge on any atom is 0.249 e. The third kappa shape index (κ3) is 4.49. The number of anilines is 2. The van der Waals surface area contributed by atoms with Crippen LogP contribution < -0.4 is 10.4 Å². The van der Waals surface area contributed by atoms with Gasteiger partial charge in [0.2, 0.25) is 11.1 Å². The Morgan fingerprint density at radius 3 is 2.17 bits per heavy atom. The number of hydrogen-bond donors (Lipinski definition) is 1. The van der Waals surface area contributed by atoms with Crippen LogP contribution in [0.5, 0.6) is 0 Å². The summed E-state index contributed by atoms with van der Waals surface area (Å²) in [6.07, 6.45) is 0. The highest BCUT2D eigenvalue weighted by molar-refractivity contribution is 7.99. The Balaban J connectivity index is 1.48. The minimum atomic E-state index is -0.160. The Bertz CT molecular complexity index is 1080. The summed E-state index contributed by atoms with van der Waals surface area (Å²) in [5, 5.41) is 14.3. The van der Waals surface area contributed by atoms with Crippen molar-refractivity contribution in [2.45, 2.75) is 12.1 Å². The molecular weight excluding hydrogens is 396 g/mol. The zero-order chi connectivity index (χ0) is 20.8. The minimum Gasteiger partial charge on any atom is -0.272 e. The Labute approximate surface area is 178 Å². The zero-order valence-corrected chi connectivity index (χ0v) is 17.2. The fourth-order valence-corrected chi connectivity index (χ4v) is 3.62. The van der Waals surface area contributed by atoms with E-state index in [-0.39, 0.29) is 11.7 Å². The lowest BCUT2D eigenvalue weighted by Gasteiger charge is -2.25. The SMILES string of the molecule is Cc1ccccc1-n1nnnc1SCC(=O)NN(c1ccccc1)c1ccccc1. The Kier molecular flexibility index (Phi) is 6.05. The van der Waals surface area contributed by atoms with Gasteiger partial charge in [-0.15, -0.1) is 5.10 Å². The number of tetrazole rings is 1. The van der Waals surface area contributed by atoms with Crippen LogP contribution in [0.1, 0.15) is 5.56 Å². The quantitative estimate of drug-likeness (QED) is 0.363. The van der Waals surface area contributed by atoms with Gasteiger partial charge in [-0.1, -0.05) is 66.4 Å². The second-order valence-electron chi connectivity index (χ2n) is 6.49. The zero-order valence-electron chi connectivity index (χ0n) is 16.3. The highest BCUT2D eigenvalue weighted by Crippen LogP contribution is 2.24. The molecule has 0 atom stereocenters. The van der Waals surface area contributed by atoms with Gasteiger partial charge in [0.05, 0.1) is 22.8 Å². The first-order valence-electron chi connectivity index (χ1n) is 9.39. The molecule has 0 fully saturated rings. The fraction of sp³-hybridized carbons (Fsp3) is 0.0909. The largest absolute Gasteiger partial charge is 0.272 e. The number of carbonyl (C=O) groups is 1. The van der Waals surface area contributed by atoms with Crippen LogP contribution in [0.2, 0.25) is 0 Å². The number of thioether (sulfide) groups is 1. The molecule has 1 aromatic heterocycles. The number of nitrogens with zero attached hydrogens (tertiary/aromatic N) is 5. The van der Waals surface area contributed by atoms with Crippen molar-refractivity contribution in [3.05, 3.63) is 90.5 Å². The molecule has 0 unspecified atom stereocenters. The molecular formula is C22H20N6OS. The molecule has 1 amide bonds. The fourth-order valence-electron chi connectivity index (χ4n) is 2.94. The van der Waals surface area contributed by atoms with E-state index in [2.05, 4.69) is 21.0 Å². The topological polar surface area (TPSA) is 75.9 Å². The molecule has 0 aliphatic carbocycles. The molecule has 7 nitrogen and oxygen atoms in total. The number of hydrazine groups is 1. The predicted octanol–water partition coefficient (Wildman–Crippen LogP) is 3.93. The van der Waals surface area contributed by atoms with Crippen molar-refractivity contribution in [3.8, 4) is 5.69 Å². The maximum atomic E-state index is 12.8. The van der Waals surface area contributed by atoms with E-state index < -0.39 is 0 Å². The molecule has 0 aliphatic heterocycles. The number of aromatic nitrogens is 4. The van der Waals surface area contributed by atoms with Crippen LogP contribution in [0.15, 0.2) is 90.1 Å². The first-order valence-corrected chi connectivity index (χ1v) is 10.4. The molecule has 1 N–H and O–H groups in total. The van der Waals surface area contributed by atoms with Gasteiger partial charge in [-0.2, -0.15) is 4.68 Å². The molecule has 0 radical (unpaired) electrons. The van der Waals surface area contributed by atoms with E-state index in [1.54, 1.807) is 9.69 Å². The maximum absolute atomic E-state index is 12.8. The molecule has 0 saturated heterocycles. The molecule has 0 bridgehead atoms. The number of carbonyl (C=O) groups excluding carboxylic acids is 1. The summed E-state index contributed by atoms with van der Waals surface area (Å²) >= 11 is 1.29. The lowest BCUT2D eigenvalue weighted by atomic mass is 10.2. The van der Waals surface area contributed by atoms with Crippen molar-refractivity contribution < 1.29 is 4.79 Å². The van der Waals surface area contributed by atoms with Gasteiger partial charge < -0.3 is 0 Å². The van der Waals surface area contributed by atoms with Gasteiger partial charge in [-0.25, -0.2) is 0 Å². The van der Waals surface area contributed by atoms with Gasteiger partial charge in [-0.3, -0.25) is 15.2 Å². The highest BCUT2D eigenvalue weighted by atomic mass is 32.2. The van der Waals surface area contributed by atoms with Gasteiger partial charge in [0.25, 0.3) is 0 Å². The number of aryl methyl sites for hydroxylation is 1. The lowest BCUT2D eigenvalue weighted by molar-refractivity contribution is -0.118. The standard InChI is InChI=1S/C22H20N6OS/c1-17-10-8-9-15-20(17)28-22(23-25-26-28)30-16-21(29)24-27(18-11-4-2-5-12-18)19-13-6-3-7-14-19/h2-15H,16H2,1H3,(H,24,29). The molecule has 0 spiro atoms. The molecule has 150 valence electrons. The second-order valence-corrected chi connectivity index (χ2v) is 7.43. The van der Waals surface area contributed by atoms with Crippen LogP contribution in [0.3, 0.4) is 0 Å². The lowest BCUT2D eigenvalue weighted by Crippen LogP contribution is -2.40. The third-order valence-electron chi connectivity index (χ3n) is 4.38. The van der Waals surface area contributed by atoms with Crippen molar-refractivity contribution >= 4 is 29.0 Å². The van der Waals surface area contributed by atoms with Crippen molar-refractivity contribution in [2.24, 2.45) is 0 Å². The summed E-state index contributed by atoms with van der Waals surface area (Å²) < 4.78 is 1.65. The van der Waals surface area contributed by atoms with Gasteiger partial charge in [-0.05, 0) is 53.2 Å². The summed E-state index contributed by atoms with van der Waals surface area (Å²) in [5.74, 6) is 0.00892. The number of hydrogen-bond acceptors (Lipinski definition) is 6. The molecule has 4 rings (SSSR count). The van der Waals surface area contributed by atoms with Gasteiger partial charge >= 0.3 is 0 Å². The van der Waals surface area contributed by atoms with Crippen LogP contribution in [0.25, 0.3) is 5.69 Å². The van der Waals surface area contributed by atoms with E-state index >= 15 is 0 Å². The van der Waals surface area contributed by atoms with Crippen LogP contribution in [-0.4, -0.2) is 31.9 Å². The molecule has 8 heteroatoms. The van der Waals surface area contributed by atoms with Crippen LogP contribution in [0.4, 0.5) is 11.4 Å². The predicted molar refractivity (Wildman–Crippen MR) is 118 cm³/mol. The van der Waals surface area contributed by atoms with Crippen LogP contribution in [0, 0.1) is 6.92 Å². The smallest absolute Gasteiger partial charge is 0.249 e. The third-order valence-corrected chi connectivity index (χ3v) is 5.30. The summed E-state index contributed by atoms with van der Waals surface area (Å²) in [4.78, 5) is 12.8. The number of para-hydroxylation sites is 3. The molecule has 1 heterocycles. The molecule has 0 saturated carbocycles. The summed E-state index contributed by atoms with van der Waals surface area (Å²) in [6.45, 7) is 2.00. The van der Waals surface area contributed by atoms with E-state index in [1.807, 2.05) is 91.9 Å². The van der Waals surface area contributed by atoms with Crippen molar-refractivity contribution in [1.82, 2.24) is 25.6 Å². The van der Waals surface area contributed by atoms with Crippen molar-refractivity contribution in [1.29, 1.82) is 0 Å². The number of nitrogens with one attached hydrogen (secondary N) is 1. The summed E-state index contributed by atoms with van der Waals surface area (Å²) in [5.41, 5.74) is 6.65. The Morgan fingerprint density at radius 1 is 0.933 bits per heavy atom. The first-order chi connectivity index (χ1) is 14.7. The first kappa shape index (κ1) is 19.7. The van der Waals surface area contributed by atoms with Crippen molar-refractivity contribution in [2.75, 3.05) is 10.8 Å². The normalized spacial score (nSPS) is 10.6. The monoisotopic (exact) mass is 416 g/mol.